The van der Waals surface area contributed by atoms with Gasteiger partial charge in [0.15, 0.2) is 11.5 Å². The molecule has 6 heteroatoms. The molecule has 6 nitrogen and oxygen atoms in total. The van der Waals surface area contributed by atoms with Crippen molar-refractivity contribution in [3.05, 3.63) is 36.0 Å². The summed E-state index contributed by atoms with van der Waals surface area (Å²) >= 11 is 0. The summed E-state index contributed by atoms with van der Waals surface area (Å²) in [5.74, 6) is 1.88. The highest BCUT2D eigenvalue weighted by molar-refractivity contribution is 5.66. The predicted octanol–water partition coefficient (Wildman–Crippen LogP) is 2.11. The van der Waals surface area contributed by atoms with Crippen LogP contribution >= 0.6 is 0 Å². The molecule has 1 aromatic carbocycles. The maximum absolute atomic E-state index is 8.66. The van der Waals surface area contributed by atoms with E-state index >= 15 is 0 Å². The van der Waals surface area contributed by atoms with Gasteiger partial charge in [-0.15, -0.1) is 10.2 Å². The van der Waals surface area contributed by atoms with Gasteiger partial charge >= 0.3 is 0 Å². The molecule has 0 unspecified atom stereocenters. The van der Waals surface area contributed by atoms with Crippen molar-refractivity contribution in [3.8, 4) is 17.6 Å². The van der Waals surface area contributed by atoms with Gasteiger partial charge in [-0.1, -0.05) is 0 Å². The Balaban J connectivity index is 2.28. The molecule has 0 spiro atoms. The van der Waals surface area contributed by atoms with Crippen molar-refractivity contribution < 1.29 is 9.47 Å². The lowest BCUT2D eigenvalue weighted by atomic mass is 10.2. The van der Waals surface area contributed by atoms with Crippen molar-refractivity contribution >= 4 is 11.5 Å². The SMILES string of the molecule is COc1ccc(OC)c(Nc2ccc(C#N)nn2)c1. The van der Waals surface area contributed by atoms with Crippen molar-refractivity contribution in [2.45, 2.75) is 0 Å². The highest BCUT2D eigenvalue weighted by atomic mass is 16.5. The van der Waals surface area contributed by atoms with Gasteiger partial charge in [-0.3, -0.25) is 0 Å². The molecule has 1 aromatic heterocycles. The summed E-state index contributed by atoms with van der Waals surface area (Å²) in [7, 11) is 3.17. The van der Waals surface area contributed by atoms with E-state index in [1.54, 1.807) is 44.6 Å². The largest absolute Gasteiger partial charge is 0.497 e. The first-order valence-electron chi connectivity index (χ1n) is 5.49. The summed E-state index contributed by atoms with van der Waals surface area (Å²) in [6, 6.07) is 10.5. The average molecular weight is 256 g/mol. The molecule has 2 rings (SSSR count). The van der Waals surface area contributed by atoms with E-state index in [1.807, 2.05) is 6.07 Å². The molecule has 0 radical (unpaired) electrons. The van der Waals surface area contributed by atoms with Crippen molar-refractivity contribution in [1.29, 1.82) is 5.26 Å². The number of methoxy groups -OCH3 is 2. The van der Waals surface area contributed by atoms with E-state index in [4.69, 9.17) is 14.7 Å². The zero-order valence-electron chi connectivity index (χ0n) is 10.5. The summed E-state index contributed by atoms with van der Waals surface area (Å²) in [4.78, 5) is 0. The summed E-state index contributed by atoms with van der Waals surface area (Å²) in [6.07, 6.45) is 0. The minimum Gasteiger partial charge on any atom is -0.497 e. The summed E-state index contributed by atoms with van der Waals surface area (Å²) in [5.41, 5.74) is 0.976. The zero-order chi connectivity index (χ0) is 13.7. The molecule has 1 heterocycles. The molecular weight excluding hydrogens is 244 g/mol. The number of ether oxygens (including phenoxy) is 2. The maximum Gasteiger partial charge on any atom is 0.163 e. The van der Waals surface area contributed by atoms with E-state index in [2.05, 4.69) is 15.5 Å². The van der Waals surface area contributed by atoms with Gasteiger partial charge in [0, 0.05) is 6.07 Å². The number of rotatable bonds is 4. The summed E-state index contributed by atoms with van der Waals surface area (Å²) < 4.78 is 10.4. The fourth-order valence-corrected chi connectivity index (χ4v) is 1.51. The molecular formula is C13H12N4O2. The first-order chi connectivity index (χ1) is 9.26. The number of benzene rings is 1. The Morgan fingerprint density at radius 2 is 1.95 bits per heavy atom. The third-order valence-corrected chi connectivity index (χ3v) is 2.45. The Labute approximate surface area is 110 Å². The minimum atomic E-state index is 0.267. The third-order valence-electron chi connectivity index (χ3n) is 2.45. The van der Waals surface area contributed by atoms with Crippen LogP contribution in [0.1, 0.15) is 5.69 Å². The van der Waals surface area contributed by atoms with Gasteiger partial charge in [-0.2, -0.15) is 5.26 Å². The molecule has 0 atom stereocenters. The van der Waals surface area contributed by atoms with E-state index in [0.717, 1.165) is 0 Å². The van der Waals surface area contributed by atoms with Crippen LogP contribution in [0.3, 0.4) is 0 Å². The first kappa shape index (κ1) is 12.6. The van der Waals surface area contributed by atoms with E-state index in [1.165, 1.54) is 0 Å². The number of nitrogens with zero attached hydrogens (tertiary/aromatic N) is 3. The minimum absolute atomic E-state index is 0.267. The van der Waals surface area contributed by atoms with Gasteiger partial charge in [-0.25, -0.2) is 0 Å². The average Bonchev–Trinajstić information content (AvgIpc) is 2.48. The number of hydrogen-bond donors (Lipinski definition) is 1. The van der Waals surface area contributed by atoms with Crippen LogP contribution in [0.4, 0.5) is 11.5 Å². The van der Waals surface area contributed by atoms with Gasteiger partial charge in [0.2, 0.25) is 0 Å². The van der Waals surface area contributed by atoms with Gasteiger partial charge in [-0.05, 0) is 24.3 Å². The monoisotopic (exact) mass is 256 g/mol. The van der Waals surface area contributed by atoms with Crippen LogP contribution in [0, 0.1) is 11.3 Å². The van der Waals surface area contributed by atoms with E-state index in [-0.39, 0.29) is 5.69 Å². The lowest BCUT2D eigenvalue weighted by Gasteiger charge is -2.11. The molecule has 1 N–H and O–H groups in total. The predicted molar refractivity (Wildman–Crippen MR) is 69.6 cm³/mol. The maximum atomic E-state index is 8.66. The quantitative estimate of drug-likeness (QED) is 0.902. The van der Waals surface area contributed by atoms with Crippen LogP contribution in [-0.4, -0.2) is 24.4 Å². The van der Waals surface area contributed by atoms with Gasteiger partial charge in [0.05, 0.1) is 19.9 Å². The Kier molecular flexibility index (Phi) is 3.78. The van der Waals surface area contributed by atoms with Crippen LogP contribution < -0.4 is 14.8 Å². The molecule has 0 saturated heterocycles. The highest BCUT2D eigenvalue weighted by Crippen LogP contribution is 2.30. The Morgan fingerprint density at radius 1 is 1.11 bits per heavy atom. The molecule has 0 bridgehead atoms. The van der Waals surface area contributed by atoms with Gasteiger partial charge in [0.25, 0.3) is 0 Å². The number of nitrogens with one attached hydrogen (secondary N) is 1. The topological polar surface area (TPSA) is 80.1 Å². The number of anilines is 2. The molecule has 2 aromatic rings. The van der Waals surface area contributed by atoms with E-state index in [9.17, 15) is 0 Å². The van der Waals surface area contributed by atoms with Crippen molar-refractivity contribution in [2.24, 2.45) is 0 Å². The van der Waals surface area contributed by atoms with Crippen molar-refractivity contribution in [2.75, 3.05) is 19.5 Å². The van der Waals surface area contributed by atoms with E-state index in [0.29, 0.717) is 23.0 Å². The molecule has 0 aliphatic rings. The molecule has 0 aliphatic heterocycles. The Hall–Kier alpha value is -2.81. The van der Waals surface area contributed by atoms with Crippen LogP contribution in [-0.2, 0) is 0 Å². The Morgan fingerprint density at radius 3 is 2.53 bits per heavy atom. The van der Waals surface area contributed by atoms with Crippen LogP contribution in [0.25, 0.3) is 0 Å². The van der Waals surface area contributed by atoms with Crippen molar-refractivity contribution in [3.63, 3.8) is 0 Å². The second-order valence-corrected chi connectivity index (χ2v) is 3.61. The number of nitriles is 1. The summed E-state index contributed by atoms with van der Waals surface area (Å²) in [6.45, 7) is 0. The molecule has 96 valence electrons. The van der Waals surface area contributed by atoms with Crippen LogP contribution in [0.15, 0.2) is 30.3 Å². The fourth-order valence-electron chi connectivity index (χ4n) is 1.51. The second kappa shape index (κ2) is 5.69. The smallest absolute Gasteiger partial charge is 0.163 e. The fraction of sp³-hybridized carbons (Fsp3) is 0.154. The normalized spacial score (nSPS) is 9.53. The zero-order valence-corrected chi connectivity index (χ0v) is 10.5. The molecule has 0 fully saturated rings. The Bertz CT molecular complexity index is 605. The second-order valence-electron chi connectivity index (χ2n) is 3.61. The number of aromatic nitrogens is 2. The van der Waals surface area contributed by atoms with Gasteiger partial charge in [0.1, 0.15) is 17.6 Å². The molecule has 0 aliphatic carbocycles. The summed E-state index contributed by atoms with van der Waals surface area (Å²) in [5, 5.41) is 19.4. The standard InChI is InChI=1S/C13H12N4O2/c1-18-10-4-5-12(19-2)11(7-10)15-13-6-3-9(8-14)16-17-13/h3-7H,1-2H3,(H,15,17). The third kappa shape index (κ3) is 2.90. The van der Waals surface area contributed by atoms with Gasteiger partial charge < -0.3 is 14.8 Å². The van der Waals surface area contributed by atoms with Crippen molar-refractivity contribution in [1.82, 2.24) is 10.2 Å². The lowest BCUT2D eigenvalue weighted by molar-refractivity contribution is 0.405. The lowest BCUT2D eigenvalue weighted by Crippen LogP contribution is -1.99. The van der Waals surface area contributed by atoms with Crippen LogP contribution in [0.2, 0.25) is 0 Å². The van der Waals surface area contributed by atoms with E-state index < -0.39 is 0 Å². The molecule has 0 saturated carbocycles. The molecule has 0 amide bonds. The highest BCUT2D eigenvalue weighted by Gasteiger charge is 2.06. The van der Waals surface area contributed by atoms with Crippen LogP contribution in [0.5, 0.6) is 11.5 Å². The first-order valence-corrected chi connectivity index (χ1v) is 5.49. The molecule has 19 heavy (non-hydrogen) atoms. The number of hydrogen-bond acceptors (Lipinski definition) is 6.